The molecule has 2 N–H and O–H groups in total. The van der Waals surface area contributed by atoms with Gasteiger partial charge in [0.2, 0.25) is 11.6 Å². The second kappa shape index (κ2) is 7.62. The Labute approximate surface area is 179 Å². The smallest absolute Gasteiger partial charge is 0.433 e. The van der Waals surface area contributed by atoms with Crippen molar-refractivity contribution in [1.29, 1.82) is 0 Å². The van der Waals surface area contributed by atoms with Crippen molar-refractivity contribution in [3.8, 4) is 0 Å². The molecular formula is C24H27F3N2O2. The fourth-order valence-corrected chi connectivity index (χ4v) is 3.25. The molecule has 0 saturated carbocycles. The van der Waals surface area contributed by atoms with Gasteiger partial charge in [-0.05, 0) is 58.4 Å². The van der Waals surface area contributed by atoms with Crippen LogP contribution in [0.4, 0.5) is 24.7 Å². The molecule has 1 heterocycles. The predicted octanol–water partition coefficient (Wildman–Crippen LogP) is 7.10. The maximum Gasteiger partial charge on any atom is 0.450 e. The number of alkyl halides is 3. The monoisotopic (exact) mass is 432 g/mol. The first-order chi connectivity index (χ1) is 14.2. The van der Waals surface area contributed by atoms with Gasteiger partial charge in [0.05, 0.1) is 5.56 Å². The largest absolute Gasteiger partial charge is 0.450 e. The third kappa shape index (κ3) is 5.21. The Morgan fingerprint density at radius 3 is 1.97 bits per heavy atom. The van der Waals surface area contributed by atoms with Crippen LogP contribution >= 0.6 is 0 Å². The number of benzene rings is 2. The van der Waals surface area contributed by atoms with Gasteiger partial charge in [0, 0.05) is 16.6 Å². The van der Waals surface area contributed by atoms with Crippen LogP contribution in [0, 0.1) is 0 Å². The van der Waals surface area contributed by atoms with E-state index in [2.05, 4.69) is 10.6 Å². The van der Waals surface area contributed by atoms with Gasteiger partial charge >= 0.3 is 6.18 Å². The molecule has 31 heavy (non-hydrogen) atoms. The maximum atomic E-state index is 13.9. The molecule has 0 bridgehead atoms. The van der Waals surface area contributed by atoms with Gasteiger partial charge in [-0.25, -0.2) is 0 Å². The van der Waals surface area contributed by atoms with E-state index in [0.29, 0.717) is 0 Å². The van der Waals surface area contributed by atoms with Gasteiger partial charge in [0.15, 0.2) is 5.78 Å². The Bertz CT molecular complexity index is 1120. The molecule has 2 aromatic carbocycles. The Balaban J connectivity index is 2.24. The zero-order valence-corrected chi connectivity index (χ0v) is 18.5. The van der Waals surface area contributed by atoms with Crippen molar-refractivity contribution in [2.45, 2.75) is 58.8 Å². The molecule has 0 unspecified atom stereocenters. The Morgan fingerprint density at radius 1 is 0.839 bits per heavy atom. The lowest BCUT2D eigenvalue weighted by Crippen LogP contribution is -2.30. The lowest BCUT2D eigenvalue weighted by Gasteiger charge is -2.26. The number of furan rings is 1. The molecule has 7 heteroatoms. The zero-order valence-electron chi connectivity index (χ0n) is 18.5. The first-order valence-electron chi connectivity index (χ1n) is 9.99. The molecule has 0 aliphatic rings. The van der Waals surface area contributed by atoms with Gasteiger partial charge in [-0.15, -0.1) is 0 Å². The number of rotatable bonds is 4. The van der Waals surface area contributed by atoms with E-state index in [0.717, 1.165) is 10.8 Å². The van der Waals surface area contributed by atoms with Crippen LogP contribution in [0.3, 0.4) is 0 Å². The first kappa shape index (κ1) is 22.7. The lowest BCUT2D eigenvalue weighted by atomic mass is 9.97. The molecule has 3 aromatic rings. The third-order valence-corrected chi connectivity index (χ3v) is 4.39. The maximum absolute atomic E-state index is 13.9. The normalized spacial score (nSPS) is 12.8. The molecule has 0 spiro atoms. The molecule has 0 amide bonds. The highest BCUT2D eigenvalue weighted by molar-refractivity contribution is 6.15. The van der Waals surface area contributed by atoms with Crippen LogP contribution < -0.4 is 10.6 Å². The van der Waals surface area contributed by atoms with E-state index in [1.165, 1.54) is 6.07 Å². The fraction of sp³-hybridized carbons (Fsp3) is 0.375. The molecule has 0 saturated heterocycles. The molecule has 0 aliphatic heterocycles. The van der Waals surface area contributed by atoms with Crippen LogP contribution in [-0.4, -0.2) is 16.9 Å². The van der Waals surface area contributed by atoms with Crippen molar-refractivity contribution in [3.05, 3.63) is 59.4 Å². The number of nitrogens with one attached hydrogen (secondary N) is 2. The summed E-state index contributed by atoms with van der Waals surface area (Å²) in [7, 11) is 0. The minimum Gasteiger partial charge on any atom is -0.433 e. The topological polar surface area (TPSA) is 54.3 Å². The quantitative estimate of drug-likeness (QED) is 0.432. The van der Waals surface area contributed by atoms with Crippen molar-refractivity contribution >= 4 is 28.1 Å². The number of ketones is 1. The van der Waals surface area contributed by atoms with E-state index in [1.807, 2.05) is 24.3 Å². The molecule has 3 rings (SSSR count). The van der Waals surface area contributed by atoms with Crippen molar-refractivity contribution in [3.63, 3.8) is 0 Å². The number of hydrogen-bond acceptors (Lipinski definition) is 4. The Hall–Kier alpha value is -2.96. The van der Waals surface area contributed by atoms with E-state index in [4.69, 9.17) is 4.42 Å². The second-order valence-corrected chi connectivity index (χ2v) is 9.65. The van der Waals surface area contributed by atoms with Gasteiger partial charge in [0.25, 0.3) is 0 Å². The van der Waals surface area contributed by atoms with E-state index < -0.39 is 34.4 Å². The Morgan fingerprint density at radius 2 is 1.42 bits per heavy atom. The molecule has 0 radical (unpaired) electrons. The molecule has 166 valence electrons. The summed E-state index contributed by atoms with van der Waals surface area (Å²) < 4.78 is 47.0. The minimum absolute atomic E-state index is 0.00732. The van der Waals surface area contributed by atoms with Gasteiger partial charge in [-0.2, -0.15) is 13.2 Å². The number of halogens is 3. The summed E-state index contributed by atoms with van der Waals surface area (Å²) in [6.07, 6.45) is -4.84. The highest BCUT2D eigenvalue weighted by Crippen LogP contribution is 2.44. The zero-order chi connectivity index (χ0) is 23.2. The van der Waals surface area contributed by atoms with Crippen LogP contribution in [-0.2, 0) is 6.18 Å². The van der Waals surface area contributed by atoms with Crippen LogP contribution in [0.15, 0.2) is 46.9 Å². The molecule has 0 fully saturated rings. The molecule has 0 atom stereocenters. The SMILES string of the molecule is CC(C)(C)Nc1oc(C(F)(F)F)c(C(=O)c2ccc3ccccc3c2)c1NC(C)(C)C. The molecule has 1 aromatic heterocycles. The van der Waals surface area contributed by atoms with E-state index in [1.54, 1.807) is 53.7 Å². The summed E-state index contributed by atoms with van der Waals surface area (Å²) in [5.74, 6) is -2.18. The molecular weight excluding hydrogens is 405 g/mol. The van der Waals surface area contributed by atoms with Crippen molar-refractivity contribution in [1.82, 2.24) is 0 Å². The second-order valence-electron chi connectivity index (χ2n) is 9.65. The van der Waals surface area contributed by atoms with Gasteiger partial charge in [-0.1, -0.05) is 36.4 Å². The van der Waals surface area contributed by atoms with E-state index in [9.17, 15) is 18.0 Å². The minimum atomic E-state index is -4.84. The number of hydrogen-bond donors (Lipinski definition) is 2. The van der Waals surface area contributed by atoms with Crippen LogP contribution in [0.1, 0.15) is 63.2 Å². The number of carbonyl (C=O) groups is 1. The van der Waals surface area contributed by atoms with Gasteiger partial charge in [0.1, 0.15) is 5.69 Å². The summed E-state index contributed by atoms with van der Waals surface area (Å²) in [5.41, 5.74) is -1.56. The van der Waals surface area contributed by atoms with Crippen LogP contribution in [0.5, 0.6) is 0 Å². The summed E-state index contributed by atoms with van der Waals surface area (Å²) in [6.45, 7) is 10.8. The summed E-state index contributed by atoms with van der Waals surface area (Å²) in [4.78, 5) is 13.4. The van der Waals surface area contributed by atoms with Crippen LogP contribution in [0.25, 0.3) is 10.8 Å². The number of fused-ring (bicyclic) bond motifs is 1. The molecule has 0 aliphatic carbocycles. The highest BCUT2D eigenvalue weighted by Gasteiger charge is 2.44. The molecule has 4 nitrogen and oxygen atoms in total. The number of carbonyl (C=O) groups excluding carboxylic acids is 1. The third-order valence-electron chi connectivity index (χ3n) is 4.39. The Kier molecular flexibility index (Phi) is 5.59. The highest BCUT2D eigenvalue weighted by atomic mass is 19.4. The van der Waals surface area contributed by atoms with E-state index >= 15 is 0 Å². The summed E-state index contributed by atoms with van der Waals surface area (Å²) in [6, 6.07) is 12.2. The van der Waals surface area contributed by atoms with Crippen LogP contribution in [0.2, 0.25) is 0 Å². The van der Waals surface area contributed by atoms with E-state index in [-0.39, 0.29) is 17.1 Å². The van der Waals surface area contributed by atoms with Gasteiger partial charge < -0.3 is 15.1 Å². The first-order valence-corrected chi connectivity index (χ1v) is 9.99. The predicted molar refractivity (Wildman–Crippen MR) is 118 cm³/mol. The average molecular weight is 432 g/mol. The summed E-state index contributed by atoms with van der Waals surface area (Å²) >= 11 is 0. The fourth-order valence-electron chi connectivity index (χ4n) is 3.25. The van der Waals surface area contributed by atoms with Crippen molar-refractivity contribution in [2.24, 2.45) is 0 Å². The number of anilines is 2. The average Bonchev–Trinajstić information content (AvgIpc) is 2.95. The van der Waals surface area contributed by atoms with Gasteiger partial charge in [-0.3, -0.25) is 4.79 Å². The van der Waals surface area contributed by atoms with Crippen molar-refractivity contribution < 1.29 is 22.4 Å². The standard InChI is InChI=1S/C24H27F3N2O2/c1-22(2,3)28-18-17(20(24(25,26)27)31-21(18)29-23(4,5)6)19(30)16-12-11-14-9-7-8-10-15(14)13-16/h7-13,28-29H,1-6H3. The van der Waals surface area contributed by atoms with Crippen molar-refractivity contribution in [2.75, 3.05) is 10.6 Å². The lowest BCUT2D eigenvalue weighted by molar-refractivity contribution is -0.152. The summed E-state index contributed by atoms with van der Waals surface area (Å²) in [5, 5.41) is 7.67.